The molecule has 0 fully saturated rings. The van der Waals surface area contributed by atoms with Crippen molar-refractivity contribution in [3.8, 4) is 56.3 Å². The van der Waals surface area contributed by atoms with Crippen molar-refractivity contribution in [1.29, 1.82) is 0 Å². The molecular formula is C53H35N3. The molecule has 0 aliphatic heterocycles. The third kappa shape index (κ3) is 5.32. The molecule has 0 radical (unpaired) electrons. The molecule has 11 aromatic rings. The Morgan fingerprint density at radius 2 is 0.875 bits per heavy atom. The van der Waals surface area contributed by atoms with E-state index in [0.717, 1.165) is 39.3 Å². The lowest BCUT2D eigenvalue weighted by atomic mass is 9.95. The average molecular weight is 714 g/mol. The fourth-order valence-electron chi connectivity index (χ4n) is 8.43. The van der Waals surface area contributed by atoms with Crippen LogP contribution in [0, 0.1) is 0 Å². The summed E-state index contributed by atoms with van der Waals surface area (Å²) >= 11 is 0. The largest absolute Gasteiger partial charge is 0.309 e. The molecule has 262 valence electrons. The molecule has 11 rings (SSSR count). The summed E-state index contributed by atoms with van der Waals surface area (Å²) in [6.45, 7) is 0. The first-order valence-corrected chi connectivity index (χ1v) is 19.1. The molecule has 0 aliphatic carbocycles. The van der Waals surface area contributed by atoms with Crippen LogP contribution < -0.4 is 0 Å². The van der Waals surface area contributed by atoms with Crippen LogP contribution in [0.3, 0.4) is 0 Å². The van der Waals surface area contributed by atoms with Gasteiger partial charge in [-0.2, -0.15) is 0 Å². The second-order valence-corrected chi connectivity index (χ2v) is 14.4. The minimum atomic E-state index is 0.919. The van der Waals surface area contributed by atoms with Crippen molar-refractivity contribution >= 4 is 43.5 Å². The smallest absolute Gasteiger partial charge is 0.145 e. The predicted octanol–water partition coefficient (Wildman–Crippen LogP) is 13.9. The summed E-state index contributed by atoms with van der Waals surface area (Å²) in [4.78, 5) is 5.15. The first-order chi connectivity index (χ1) is 27.8. The van der Waals surface area contributed by atoms with E-state index in [1.54, 1.807) is 0 Å². The lowest BCUT2D eigenvalue weighted by Crippen LogP contribution is -1.99. The van der Waals surface area contributed by atoms with E-state index >= 15 is 0 Å². The molecular weight excluding hydrogens is 679 g/mol. The van der Waals surface area contributed by atoms with Gasteiger partial charge in [0, 0.05) is 27.9 Å². The summed E-state index contributed by atoms with van der Waals surface area (Å²) in [7, 11) is 0. The van der Waals surface area contributed by atoms with E-state index in [1.807, 2.05) is 0 Å². The van der Waals surface area contributed by atoms with Crippen molar-refractivity contribution in [3.05, 3.63) is 212 Å². The number of benzene rings is 9. The zero-order valence-corrected chi connectivity index (χ0v) is 30.5. The third-order valence-corrected chi connectivity index (χ3v) is 11.1. The molecule has 56 heavy (non-hydrogen) atoms. The summed E-state index contributed by atoms with van der Waals surface area (Å²) in [6, 6.07) is 76.4. The first kappa shape index (κ1) is 32.0. The number of imidazole rings is 1. The molecule has 0 saturated heterocycles. The van der Waals surface area contributed by atoms with Crippen LogP contribution in [0.1, 0.15) is 0 Å². The fourth-order valence-corrected chi connectivity index (χ4v) is 8.43. The van der Waals surface area contributed by atoms with Gasteiger partial charge < -0.3 is 4.57 Å². The zero-order valence-electron chi connectivity index (χ0n) is 30.5. The topological polar surface area (TPSA) is 22.8 Å². The SMILES string of the molecule is c1ccc(-c2c(-c3ccccc3)n(-c3ccc(-c4nc5ccccc5n4-c4ccccc4)cc3)c3cc4ccc(-c5ccc6ccccc6c5)cc4cc23)cc1. The third-order valence-electron chi connectivity index (χ3n) is 11.1. The molecule has 0 spiro atoms. The van der Waals surface area contributed by atoms with E-state index in [9.17, 15) is 0 Å². The summed E-state index contributed by atoms with van der Waals surface area (Å²) in [5, 5.41) is 6.14. The Labute approximate surface area is 325 Å². The number of hydrogen-bond donors (Lipinski definition) is 0. The second kappa shape index (κ2) is 13.1. The number of para-hydroxylation sites is 3. The van der Waals surface area contributed by atoms with E-state index in [1.165, 1.54) is 60.4 Å². The van der Waals surface area contributed by atoms with Gasteiger partial charge >= 0.3 is 0 Å². The van der Waals surface area contributed by atoms with Crippen LogP contribution in [-0.2, 0) is 0 Å². The maximum absolute atomic E-state index is 5.15. The van der Waals surface area contributed by atoms with Crippen LogP contribution in [-0.4, -0.2) is 14.1 Å². The number of aromatic nitrogens is 3. The molecule has 0 bridgehead atoms. The van der Waals surface area contributed by atoms with Gasteiger partial charge in [0.1, 0.15) is 5.82 Å². The minimum absolute atomic E-state index is 0.919. The molecule has 0 N–H and O–H groups in total. The molecule has 0 saturated carbocycles. The highest BCUT2D eigenvalue weighted by Gasteiger charge is 2.23. The van der Waals surface area contributed by atoms with Gasteiger partial charge in [0.25, 0.3) is 0 Å². The average Bonchev–Trinajstić information content (AvgIpc) is 3.82. The van der Waals surface area contributed by atoms with Crippen molar-refractivity contribution in [2.24, 2.45) is 0 Å². The molecule has 3 nitrogen and oxygen atoms in total. The predicted molar refractivity (Wildman–Crippen MR) is 235 cm³/mol. The normalized spacial score (nSPS) is 11.6. The van der Waals surface area contributed by atoms with Crippen LogP contribution in [0.2, 0.25) is 0 Å². The molecule has 2 aromatic heterocycles. The van der Waals surface area contributed by atoms with Crippen molar-refractivity contribution in [2.75, 3.05) is 0 Å². The zero-order chi connectivity index (χ0) is 37.0. The Hall–Kier alpha value is -7.49. The minimum Gasteiger partial charge on any atom is -0.309 e. The maximum atomic E-state index is 5.15. The lowest BCUT2D eigenvalue weighted by molar-refractivity contribution is 1.10. The highest BCUT2D eigenvalue weighted by atomic mass is 15.1. The lowest BCUT2D eigenvalue weighted by Gasteiger charge is -2.15. The van der Waals surface area contributed by atoms with Gasteiger partial charge in [-0.1, -0.05) is 140 Å². The van der Waals surface area contributed by atoms with Crippen LogP contribution in [0.15, 0.2) is 212 Å². The van der Waals surface area contributed by atoms with Gasteiger partial charge in [-0.15, -0.1) is 0 Å². The van der Waals surface area contributed by atoms with E-state index in [-0.39, 0.29) is 0 Å². The molecule has 9 aromatic carbocycles. The molecule has 2 heterocycles. The summed E-state index contributed by atoms with van der Waals surface area (Å²) in [5.74, 6) is 0.919. The van der Waals surface area contributed by atoms with Crippen molar-refractivity contribution < 1.29 is 0 Å². The van der Waals surface area contributed by atoms with E-state index in [2.05, 4.69) is 221 Å². The monoisotopic (exact) mass is 713 g/mol. The van der Waals surface area contributed by atoms with Crippen molar-refractivity contribution in [1.82, 2.24) is 14.1 Å². The standard InChI is InChI=1S/C53H35N3/c1-4-15-37(16-5-1)51-47-34-44-33-42(41-25-24-36-14-10-11-19-40(36)32-41)26-27-43(44)35-50(47)55(52(51)38-17-6-2-7-18-38)46-30-28-39(29-31-46)53-54-48-22-12-13-23-49(48)56(53)45-20-8-3-9-21-45/h1-35H. The maximum Gasteiger partial charge on any atom is 0.145 e. The van der Waals surface area contributed by atoms with E-state index < -0.39 is 0 Å². The van der Waals surface area contributed by atoms with Gasteiger partial charge in [-0.05, 0) is 117 Å². The summed E-state index contributed by atoms with van der Waals surface area (Å²) < 4.78 is 4.71. The van der Waals surface area contributed by atoms with Gasteiger partial charge in [0.05, 0.1) is 22.2 Å². The summed E-state index contributed by atoms with van der Waals surface area (Å²) in [5.41, 5.74) is 13.6. The fraction of sp³-hybridized carbons (Fsp3) is 0. The van der Waals surface area contributed by atoms with Crippen LogP contribution in [0.25, 0.3) is 99.8 Å². The van der Waals surface area contributed by atoms with Crippen LogP contribution >= 0.6 is 0 Å². The Morgan fingerprint density at radius 1 is 0.321 bits per heavy atom. The Balaban J connectivity index is 1.13. The Bertz CT molecular complexity index is 3210. The first-order valence-electron chi connectivity index (χ1n) is 19.1. The van der Waals surface area contributed by atoms with Gasteiger partial charge in [0.2, 0.25) is 0 Å². The van der Waals surface area contributed by atoms with Crippen LogP contribution in [0.4, 0.5) is 0 Å². The Kier molecular flexibility index (Phi) is 7.49. The quantitative estimate of drug-likeness (QED) is 0.168. The number of fused-ring (bicyclic) bond motifs is 4. The van der Waals surface area contributed by atoms with Gasteiger partial charge in [-0.25, -0.2) is 4.98 Å². The van der Waals surface area contributed by atoms with Gasteiger partial charge in [0.15, 0.2) is 0 Å². The molecule has 0 amide bonds. The molecule has 0 unspecified atom stereocenters. The molecule has 0 aliphatic rings. The van der Waals surface area contributed by atoms with Crippen molar-refractivity contribution in [2.45, 2.75) is 0 Å². The molecule has 0 atom stereocenters. The number of hydrogen-bond acceptors (Lipinski definition) is 1. The van der Waals surface area contributed by atoms with Crippen LogP contribution in [0.5, 0.6) is 0 Å². The van der Waals surface area contributed by atoms with E-state index in [4.69, 9.17) is 4.98 Å². The second-order valence-electron chi connectivity index (χ2n) is 14.4. The highest BCUT2D eigenvalue weighted by Crippen LogP contribution is 2.45. The number of nitrogens with zero attached hydrogens (tertiary/aromatic N) is 3. The van der Waals surface area contributed by atoms with E-state index in [0.29, 0.717) is 0 Å². The number of rotatable bonds is 6. The highest BCUT2D eigenvalue weighted by molar-refractivity contribution is 6.11. The van der Waals surface area contributed by atoms with Crippen molar-refractivity contribution in [3.63, 3.8) is 0 Å². The summed E-state index contributed by atoms with van der Waals surface area (Å²) in [6.07, 6.45) is 0. The molecule has 3 heteroatoms. The van der Waals surface area contributed by atoms with Gasteiger partial charge in [-0.3, -0.25) is 4.57 Å². The Morgan fingerprint density at radius 3 is 1.62 bits per heavy atom.